The number of aliphatic carboxylic acids is 1. The first-order valence-corrected chi connectivity index (χ1v) is 11.1. The van der Waals surface area contributed by atoms with Crippen LogP contribution < -0.4 is 5.32 Å². The number of carbonyl (C=O) groups excluding carboxylic acids is 2. The summed E-state index contributed by atoms with van der Waals surface area (Å²) in [4.78, 5) is 39.9. The average molecular weight is 452 g/mol. The number of ether oxygens (including phenoxy) is 1. The summed E-state index contributed by atoms with van der Waals surface area (Å²) in [5, 5.41) is 11.6. The molecular weight excluding hydrogens is 422 g/mol. The first-order chi connectivity index (χ1) is 15.8. The molecule has 0 bridgehead atoms. The molecule has 0 unspecified atom stereocenters. The fourth-order valence-electron chi connectivity index (χ4n) is 4.64. The van der Waals surface area contributed by atoms with E-state index in [1.165, 1.54) is 0 Å². The molecule has 1 heterocycles. The predicted molar refractivity (Wildman–Crippen MR) is 123 cm³/mol. The van der Waals surface area contributed by atoms with Crippen molar-refractivity contribution in [2.24, 2.45) is 0 Å². The Morgan fingerprint density at radius 2 is 1.52 bits per heavy atom. The van der Waals surface area contributed by atoms with Gasteiger partial charge < -0.3 is 20.1 Å². The highest BCUT2D eigenvalue weighted by atomic mass is 16.5. The van der Waals surface area contributed by atoms with Crippen LogP contribution in [0.15, 0.2) is 48.5 Å². The molecule has 1 aliphatic heterocycles. The third kappa shape index (κ3) is 4.85. The average Bonchev–Trinajstić information content (AvgIpc) is 3.11. The molecule has 8 heteroatoms. The molecule has 0 atom stereocenters. The second kappa shape index (κ2) is 9.23. The van der Waals surface area contributed by atoms with Gasteiger partial charge in [-0.25, -0.2) is 4.79 Å². The van der Waals surface area contributed by atoms with Crippen LogP contribution in [0.25, 0.3) is 11.1 Å². The van der Waals surface area contributed by atoms with Crippen molar-refractivity contribution in [1.29, 1.82) is 0 Å². The maximum Gasteiger partial charge on any atom is 0.408 e. The van der Waals surface area contributed by atoms with E-state index >= 15 is 0 Å². The Morgan fingerprint density at radius 3 is 2.06 bits per heavy atom. The van der Waals surface area contributed by atoms with Gasteiger partial charge in [0.15, 0.2) is 0 Å². The van der Waals surface area contributed by atoms with Gasteiger partial charge in [-0.1, -0.05) is 48.5 Å². The van der Waals surface area contributed by atoms with E-state index in [0.717, 1.165) is 22.3 Å². The number of carbonyl (C=O) groups is 3. The Hall–Kier alpha value is -3.39. The molecule has 0 radical (unpaired) electrons. The lowest BCUT2D eigenvalue weighted by Gasteiger charge is -2.38. The van der Waals surface area contributed by atoms with Crippen molar-refractivity contribution in [3.63, 3.8) is 0 Å². The quantitative estimate of drug-likeness (QED) is 0.700. The third-order valence-electron chi connectivity index (χ3n) is 6.31. The molecule has 2 N–H and O–H groups in total. The number of piperazine rings is 1. The molecule has 0 aromatic heterocycles. The van der Waals surface area contributed by atoms with Crippen molar-refractivity contribution < 1.29 is 24.2 Å². The number of alkyl carbamates (subject to hydrolysis) is 1. The summed E-state index contributed by atoms with van der Waals surface area (Å²) < 4.78 is 5.58. The molecular formula is C25H29N3O5. The summed E-state index contributed by atoms with van der Waals surface area (Å²) >= 11 is 0. The molecule has 33 heavy (non-hydrogen) atoms. The van der Waals surface area contributed by atoms with Crippen LogP contribution in [-0.2, 0) is 14.3 Å². The molecule has 2 amide bonds. The zero-order valence-corrected chi connectivity index (χ0v) is 18.9. The fourth-order valence-corrected chi connectivity index (χ4v) is 4.64. The van der Waals surface area contributed by atoms with Gasteiger partial charge in [0.05, 0.1) is 6.54 Å². The van der Waals surface area contributed by atoms with Gasteiger partial charge in [0.1, 0.15) is 12.1 Å². The second-order valence-corrected chi connectivity index (χ2v) is 9.04. The lowest BCUT2D eigenvalue weighted by atomic mass is 9.98. The summed E-state index contributed by atoms with van der Waals surface area (Å²) in [7, 11) is 0. The largest absolute Gasteiger partial charge is 0.480 e. The number of carboxylic acid groups (broad SMARTS) is 1. The number of hydrogen-bond donors (Lipinski definition) is 2. The fraction of sp³-hybridized carbons (Fsp3) is 0.400. The molecule has 2 aromatic rings. The first kappa shape index (κ1) is 22.8. The van der Waals surface area contributed by atoms with Crippen LogP contribution in [0.4, 0.5) is 4.79 Å². The van der Waals surface area contributed by atoms with E-state index in [9.17, 15) is 14.4 Å². The van der Waals surface area contributed by atoms with Crippen molar-refractivity contribution in [2.75, 3.05) is 39.3 Å². The van der Waals surface area contributed by atoms with Crippen LogP contribution in [0.2, 0.25) is 0 Å². The maximum absolute atomic E-state index is 13.0. The standard InChI is InChI=1S/C25H29N3O5/c1-25(2,23(31)28-13-11-27(12-14-28)15-22(29)30)26-24(32)33-16-21-19-9-5-3-7-17(19)18-8-4-6-10-20(18)21/h3-10,21H,11-16H2,1-2H3,(H,26,32)(H,29,30). The smallest absolute Gasteiger partial charge is 0.408 e. The van der Waals surface area contributed by atoms with E-state index in [1.54, 1.807) is 23.6 Å². The molecule has 2 aromatic carbocycles. The topological polar surface area (TPSA) is 99.2 Å². The number of fused-ring (bicyclic) bond motifs is 3. The Balaban J connectivity index is 1.34. The van der Waals surface area contributed by atoms with E-state index in [2.05, 4.69) is 29.6 Å². The summed E-state index contributed by atoms with van der Waals surface area (Å²) in [6.07, 6.45) is -0.639. The number of benzene rings is 2. The minimum Gasteiger partial charge on any atom is -0.480 e. The summed E-state index contributed by atoms with van der Waals surface area (Å²) in [6.45, 7) is 5.25. The number of nitrogens with one attached hydrogen (secondary N) is 1. The number of nitrogens with zero attached hydrogens (tertiary/aromatic N) is 2. The van der Waals surface area contributed by atoms with Gasteiger partial charge in [0, 0.05) is 32.1 Å². The third-order valence-corrected chi connectivity index (χ3v) is 6.31. The Bertz CT molecular complexity index is 1010. The lowest BCUT2D eigenvalue weighted by Crippen LogP contribution is -2.60. The van der Waals surface area contributed by atoms with Crippen LogP contribution in [0.3, 0.4) is 0 Å². The highest BCUT2D eigenvalue weighted by Gasteiger charge is 2.36. The lowest BCUT2D eigenvalue weighted by molar-refractivity contribution is -0.141. The van der Waals surface area contributed by atoms with Gasteiger partial charge in [-0.15, -0.1) is 0 Å². The highest BCUT2D eigenvalue weighted by Crippen LogP contribution is 2.44. The molecule has 1 saturated heterocycles. The normalized spacial score (nSPS) is 16.1. The number of amides is 2. The van der Waals surface area contributed by atoms with E-state index in [-0.39, 0.29) is 25.0 Å². The van der Waals surface area contributed by atoms with Crippen molar-refractivity contribution in [2.45, 2.75) is 25.3 Å². The summed E-state index contributed by atoms with van der Waals surface area (Å²) in [5.41, 5.74) is 3.42. The number of rotatable bonds is 6. The zero-order chi connectivity index (χ0) is 23.6. The Labute approximate surface area is 193 Å². The van der Waals surface area contributed by atoms with Crippen molar-refractivity contribution in [3.05, 3.63) is 59.7 Å². The van der Waals surface area contributed by atoms with E-state index in [4.69, 9.17) is 9.84 Å². The number of hydrogen-bond acceptors (Lipinski definition) is 5. The second-order valence-electron chi connectivity index (χ2n) is 9.04. The maximum atomic E-state index is 13.0. The molecule has 0 saturated carbocycles. The van der Waals surface area contributed by atoms with Crippen LogP contribution in [0.1, 0.15) is 30.9 Å². The Kier molecular flexibility index (Phi) is 6.37. The highest BCUT2D eigenvalue weighted by molar-refractivity contribution is 5.89. The van der Waals surface area contributed by atoms with E-state index < -0.39 is 17.6 Å². The van der Waals surface area contributed by atoms with Crippen LogP contribution in [0, 0.1) is 0 Å². The molecule has 1 fully saturated rings. The van der Waals surface area contributed by atoms with Gasteiger partial charge >= 0.3 is 12.1 Å². The van der Waals surface area contributed by atoms with Crippen molar-refractivity contribution in [1.82, 2.24) is 15.1 Å². The van der Waals surface area contributed by atoms with E-state index in [1.807, 2.05) is 24.3 Å². The minimum absolute atomic E-state index is 0.0383. The molecule has 0 spiro atoms. The molecule has 2 aliphatic rings. The Morgan fingerprint density at radius 1 is 0.970 bits per heavy atom. The van der Waals surface area contributed by atoms with Gasteiger partial charge in [-0.05, 0) is 36.1 Å². The summed E-state index contributed by atoms with van der Waals surface area (Å²) in [6, 6.07) is 16.2. The van der Waals surface area contributed by atoms with Crippen LogP contribution in [-0.4, -0.2) is 77.7 Å². The van der Waals surface area contributed by atoms with Gasteiger partial charge in [-0.2, -0.15) is 0 Å². The van der Waals surface area contributed by atoms with Crippen LogP contribution in [0.5, 0.6) is 0 Å². The van der Waals surface area contributed by atoms with Gasteiger partial charge in [0.2, 0.25) is 5.91 Å². The van der Waals surface area contributed by atoms with Gasteiger partial charge in [0.25, 0.3) is 0 Å². The summed E-state index contributed by atoms with van der Waals surface area (Å²) in [5.74, 6) is -1.15. The molecule has 174 valence electrons. The van der Waals surface area contributed by atoms with Gasteiger partial charge in [-0.3, -0.25) is 14.5 Å². The van der Waals surface area contributed by atoms with Crippen molar-refractivity contribution in [3.8, 4) is 11.1 Å². The monoisotopic (exact) mass is 451 g/mol. The predicted octanol–water partition coefficient (Wildman–Crippen LogP) is 2.53. The SMILES string of the molecule is CC(C)(NC(=O)OCC1c2ccccc2-c2ccccc21)C(=O)N1CCN(CC(=O)O)CC1. The number of carboxylic acids is 1. The van der Waals surface area contributed by atoms with Crippen molar-refractivity contribution >= 4 is 18.0 Å². The molecule has 8 nitrogen and oxygen atoms in total. The van der Waals surface area contributed by atoms with E-state index in [0.29, 0.717) is 26.2 Å². The molecule has 1 aliphatic carbocycles. The molecule has 4 rings (SSSR count). The zero-order valence-electron chi connectivity index (χ0n) is 18.9. The minimum atomic E-state index is -1.14. The van der Waals surface area contributed by atoms with Crippen LogP contribution >= 0.6 is 0 Å². The first-order valence-electron chi connectivity index (χ1n) is 11.1.